The Kier molecular flexibility index (Phi) is 7.15. The average Bonchev–Trinajstić information content (AvgIpc) is 2.46. The second-order valence-corrected chi connectivity index (χ2v) is 6.21. The van der Waals surface area contributed by atoms with E-state index >= 15 is 0 Å². The van der Waals surface area contributed by atoms with Crippen molar-refractivity contribution in [3.8, 4) is 0 Å². The lowest BCUT2D eigenvalue weighted by Crippen LogP contribution is -2.25. The van der Waals surface area contributed by atoms with Gasteiger partial charge in [0.2, 0.25) is 10.0 Å². The summed E-state index contributed by atoms with van der Waals surface area (Å²) in [5.74, 6) is 0. The lowest BCUT2D eigenvalue weighted by atomic mass is 10.1. The van der Waals surface area contributed by atoms with Crippen molar-refractivity contribution < 1.29 is 18.3 Å². The standard InChI is InChI=1S/C14H23NO4S/c1-3-14(16)12-7-5-8-13(11-12)20(17,18)15-9-6-10-19-4-2/h5,7-8,11,14-16H,3-4,6,9-10H2,1-2H3. The molecule has 1 unspecified atom stereocenters. The van der Waals surface area contributed by atoms with E-state index in [1.165, 1.54) is 12.1 Å². The van der Waals surface area contributed by atoms with Crippen LogP contribution in [0.1, 0.15) is 38.4 Å². The van der Waals surface area contributed by atoms with Crippen molar-refractivity contribution >= 4 is 10.0 Å². The molecule has 0 aliphatic rings. The molecular formula is C14H23NO4S. The maximum Gasteiger partial charge on any atom is 0.240 e. The van der Waals surface area contributed by atoms with E-state index in [9.17, 15) is 13.5 Å². The van der Waals surface area contributed by atoms with E-state index in [0.717, 1.165) is 0 Å². The first kappa shape index (κ1) is 17.1. The van der Waals surface area contributed by atoms with E-state index in [1.807, 2.05) is 13.8 Å². The van der Waals surface area contributed by atoms with Crippen LogP contribution in [-0.2, 0) is 14.8 Å². The third kappa shape index (κ3) is 5.20. The van der Waals surface area contributed by atoms with Crippen molar-refractivity contribution in [1.29, 1.82) is 0 Å². The van der Waals surface area contributed by atoms with E-state index in [-0.39, 0.29) is 4.90 Å². The predicted octanol–water partition coefficient (Wildman–Crippen LogP) is 1.83. The molecule has 0 radical (unpaired) electrons. The third-order valence-electron chi connectivity index (χ3n) is 2.90. The fraction of sp³-hybridized carbons (Fsp3) is 0.571. The Bertz CT molecular complexity index is 502. The molecule has 0 amide bonds. The number of ether oxygens (including phenoxy) is 1. The Morgan fingerprint density at radius 1 is 1.35 bits per heavy atom. The third-order valence-corrected chi connectivity index (χ3v) is 4.36. The summed E-state index contributed by atoms with van der Waals surface area (Å²) in [4.78, 5) is 0.180. The normalized spacial score (nSPS) is 13.3. The van der Waals surface area contributed by atoms with Crippen LogP contribution < -0.4 is 4.72 Å². The largest absolute Gasteiger partial charge is 0.388 e. The maximum absolute atomic E-state index is 12.1. The minimum absolute atomic E-state index is 0.180. The highest BCUT2D eigenvalue weighted by Gasteiger charge is 2.15. The Morgan fingerprint density at radius 2 is 2.10 bits per heavy atom. The van der Waals surface area contributed by atoms with Crippen molar-refractivity contribution in [2.75, 3.05) is 19.8 Å². The zero-order chi connectivity index (χ0) is 15.0. The van der Waals surface area contributed by atoms with Gasteiger partial charge in [-0.1, -0.05) is 19.1 Å². The van der Waals surface area contributed by atoms with Crippen molar-refractivity contribution in [1.82, 2.24) is 4.72 Å². The van der Waals surface area contributed by atoms with Gasteiger partial charge in [-0.25, -0.2) is 13.1 Å². The number of sulfonamides is 1. The van der Waals surface area contributed by atoms with Gasteiger partial charge in [-0.3, -0.25) is 0 Å². The van der Waals surface area contributed by atoms with Crippen LogP contribution in [0.5, 0.6) is 0 Å². The topological polar surface area (TPSA) is 75.6 Å². The molecule has 1 aromatic carbocycles. The monoisotopic (exact) mass is 301 g/mol. The molecule has 114 valence electrons. The van der Waals surface area contributed by atoms with Gasteiger partial charge in [0.25, 0.3) is 0 Å². The summed E-state index contributed by atoms with van der Waals surface area (Å²) < 4.78 is 31.9. The number of benzene rings is 1. The number of hydrogen-bond donors (Lipinski definition) is 2. The molecule has 0 fully saturated rings. The summed E-state index contributed by atoms with van der Waals surface area (Å²) in [5, 5.41) is 9.76. The van der Waals surface area contributed by atoms with Crippen LogP contribution in [0.15, 0.2) is 29.2 Å². The molecule has 0 saturated carbocycles. The smallest absolute Gasteiger partial charge is 0.240 e. The molecule has 5 nitrogen and oxygen atoms in total. The van der Waals surface area contributed by atoms with Crippen LogP contribution in [-0.4, -0.2) is 33.3 Å². The molecule has 0 heterocycles. The Morgan fingerprint density at radius 3 is 2.75 bits per heavy atom. The molecule has 0 saturated heterocycles. The van der Waals surface area contributed by atoms with Gasteiger partial charge >= 0.3 is 0 Å². The van der Waals surface area contributed by atoms with Gasteiger partial charge in [-0.15, -0.1) is 0 Å². The van der Waals surface area contributed by atoms with Crippen LogP contribution in [0, 0.1) is 0 Å². The molecular weight excluding hydrogens is 278 g/mol. The second-order valence-electron chi connectivity index (χ2n) is 4.44. The van der Waals surface area contributed by atoms with Crippen molar-refractivity contribution in [3.63, 3.8) is 0 Å². The van der Waals surface area contributed by atoms with Gasteiger partial charge in [0.05, 0.1) is 11.0 Å². The summed E-state index contributed by atoms with van der Waals surface area (Å²) in [6, 6.07) is 6.40. The SMILES string of the molecule is CCOCCCNS(=O)(=O)c1cccc(C(O)CC)c1. The fourth-order valence-electron chi connectivity index (χ4n) is 1.73. The molecule has 0 bridgehead atoms. The van der Waals surface area contributed by atoms with Gasteiger partial charge in [0.1, 0.15) is 0 Å². The summed E-state index contributed by atoms with van der Waals surface area (Å²) in [5.41, 5.74) is 0.615. The summed E-state index contributed by atoms with van der Waals surface area (Å²) in [7, 11) is -3.53. The van der Waals surface area contributed by atoms with Gasteiger partial charge in [0.15, 0.2) is 0 Å². The molecule has 20 heavy (non-hydrogen) atoms. The first-order valence-corrected chi connectivity index (χ1v) is 8.35. The van der Waals surface area contributed by atoms with Crippen molar-refractivity contribution in [3.05, 3.63) is 29.8 Å². The molecule has 1 atom stereocenters. The number of aliphatic hydroxyl groups is 1. The van der Waals surface area contributed by atoms with Crippen LogP contribution in [0.2, 0.25) is 0 Å². The molecule has 0 aliphatic carbocycles. The second kappa shape index (κ2) is 8.36. The van der Waals surface area contributed by atoms with E-state index in [1.54, 1.807) is 12.1 Å². The van der Waals surface area contributed by atoms with Gasteiger partial charge in [-0.05, 0) is 37.5 Å². The molecule has 2 N–H and O–H groups in total. The highest BCUT2D eigenvalue weighted by atomic mass is 32.2. The maximum atomic E-state index is 12.1. The van der Waals surface area contributed by atoms with Crippen LogP contribution in [0.3, 0.4) is 0 Å². The number of nitrogens with one attached hydrogen (secondary N) is 1. The molecule has 0 aliphatic heterocycles. The zero-order valence-electron chi connectivity index (χ0n) is 12.0. The van der Waals surface area contributed by atoms with E-state index < -0.39 is 16.1 Å². The number of aliphatic hydroxyl groups excluding tert-OH is 1. The van der Waals surface area contributed by atoms with Crippen molar-refractivity contribution in [2.45, 2.75) is 37.7 Å². The highest BCUT2D eigenvalue weighted by Crippen LogP contribution is 2.19. The average molecular weight is 301 g/mol. The lowest BCUT2D eigenvalue weighted by molar-refractivity contribution is 0.146. The van der Waals surface area contributed by atoms with Crippen LogP contribution >= 0.6 is 0 Å². The van der Waals surface area contributed by atoms with Gasteiger partial charge in [-0.2, -0.15) is 0 Å². The molecule has 0 spiro atoms. The van der Waals surface area contributed by atoms with Crippen molar-refractivity contribution in [2.24, 2.45) is 0 Å². The summed E-state index contributed by atoms with van der Waals surface area (Å²) >= 11 is 0. The quantitative estimate of drug-likeness (QED) is 0.682. The summed E-state index contributed by atoms with van der Waals surface area (Å²) in [6.07, 6.45) is 0.540. The lowest BCUT2D eigenvalue weighted by Gasteiger charge is -2.11. The van der Waals surface area contributed by atoms with Crippen LogP contribution in [0.25, 0.3) is 0 Å². The zero-order valence-corrected chi connectivity index (χ0v) is 12.8. The van der Waals surface area contributed by atoms with Crippen LogP contribution in [0.4, 0.5) is 0 Å². The number of hydrogen-bond acceptors (Lipinski definition) is 4. The molecule has 1 rings (SSSR count). The first-order chi connectivity index (χ1) is 9.51. The molecule has 6 heteroatoms. The van der Waals surface area contributed by atoms with E-state index in [2.05, 4.69) is 4.72 Å². The fourth-order valence-corrected chi connectivity index (χ4v) is 2.86. The van der Waals surface area contributed by atoms with E-state index in [0.29, 0.717) is 38.2 Å². The highest BCUT2D eigenvalue weighted by molar-refractivity contribution is 7.89. The van der Waals surface area contributed by atoms with E-state index in [4.69, 9.17) is 4.74 Å². The number of rotatable bonds is 9. The Balaban J connectivity index is 2.67. The van der Waals surface area contributed by atoms with Gasteiger partial charge < -0.3 is 9.84 Å². The minimum atomic E-state index is -3.53. The minimum Gasteiger partial charge on any atom is -0.388 e. The first-order valence-electron chi connectivity index (χ1n) is 6.86. The molecule has 0 aromatic heterocycles. The predicted molar refractivity (Wildman–Crippen MR) is 78.0 cm³/mol. The van der Waals surface area contributed by atoms with Gasteiger partial charge in [0, 0.05) is 19.8 Å². The Labute approximate surface area is 121 Å². The Hall–Kier alpha value is -0.950. The summed E-state index contributed by atoms with van der Waals surface area (Å²) in [6.45, 7) is 5.24. The molecule has 1 aromatic rings.